The molecule has 634 valence electrons. The number of anilines is 2. The van der Waals surface area contributed by atoms with E-state index in [1.165, 1.54) is 110 Å². The highest BCUT2D eigenvalue weighted by Crippen LogP contribution is 2.43. The van der Waals surface area contributed by atoms with Crippen molar-refractivity contribution in [2.75, 3.05) is 38.9 Å². The van der Waals surface area contributed by atoms with Gasteiger partial charge in [-0.25, -0.2) is 6.57 Å². The fourth-order valence-electron chi connectivity index (χ4n) is 16.8. The van der Waals surface area contributed by atoms with Crippen molar-refractivity contribution in [1.82, 2.24) is 46.1 Å². The molecule has 0 unspecified atom stereocenters. The second kappa shape index (κ2) is 47.3. The zero-order valence-electron chi connectivity index (χ0n) is 67.4. The lowest BCUT2D eigenvalue weighted by atomic mass is 9.78. The summed E-state index contributed by atoms with van der Waals surface area (Å²) in [7, 11) is 4.55. The van der Waals surface area contributed by atoms with Crippen LogP contribution < -0.4 is 31.6 Å². The van der Waals surface area contributed by atoms with Gasteiger partial charge in [0.1, 0.15) is 23.1 Å². The van der Waals surface area contributed by atoms with Crippen LogP contribution in [0.25, 0.3) is 4.85 Å². The van der Waals surface area contributed by atoms with Crippen LogP contribution >= 0.6 is 23.2 Å². The van der Waals surface area contributed by atoms with Crippen LogP contribution in [0.4, 0.5) is 38.0 Å². The molecule has 5 aromatic rings. The predicted octanol–water partition coefficient (Wildman–Crippen LogP) is 18.6. The maximum absolute atomic E-state index is 12.2. The lowest BCUT2D eigenvalue weighted by molar-refractivity contribution is -0.170. The summed E-state index contributed by atoms with van der Waals surface area (Å²) in [6.07, 6.45) is 21.7. The number of esters is 1. The highest BCUT2D eigenvalue weighted by atomic mass is 35.5. The molecule has 31 heteroatoms. The van der Waals surface area contributed by atoms with Crippen molar-refractivity contribution in [3.63, 3.8) is 0 Å². The number of hydrogen-bond acceptors (Lipinski definition) is 16. The number of amides is 1. The van der Waals surface area contributed by atoms with E-state index in [1.54, 1.807) is 12.1 Å². The molecule has 7 fully saturated rings. The van der Waals surface area contributed by atoms with E-state index < -0.39 is 42.7 Å². The summed E-state index contributed by atoms with van der Waals surface area (Å²) in [6, 6.07) is 8.78. The van der Waals surface area contributed by atoms with Gasteiger partial charge in [-0.1, -0.05) is 174 Å². The molecular weight excluding hydrogens is 1520 g/mol. The van der Waals surface area contributed by atoms with Crippen LogP contribution in [0.2, 0.25) is 10.0 Å². The first-order chi connectivity index (χ1) is 54.2. The van der Waals surface area contributed by atoms with Crippen molar-refractivity contribution in [1.29, 1.82) is 0 Å². The third kappa shape index (κ3) is 29.6. The van der Waals surface area contributed by atoms with Gasteiger partial charge in [-0.3, -0.25) is 49.2 Å². The average Bonchev–Trinajstić information content (AvgIpc) is 1.69. The number of alkyl halides is 6. The van der Waals surface area contributed by atoms with E-state index in [2.05, 4.69) is 90.5 Å². The smallest absolute Gasteiger partial charge is 0.450 e. The Bertz CT molecular complexity index is 3760. The number of Topliss-reactive ketones (excluding diaryl/α,β-unsaturated/α-hetero) is 3. The Labute approximate surface area is 676 Å². The predicted molar refractivity (Wildman–Crippen MR) is 428 cm³/mol. The van der Waals surface area contributed by atoms with Gasteiger partial charge < -0.3 is 46.3 Å². The summed E-state index contributed by atoms with van der Waals surface area (Å²) in [5, 5.41) is 43.5. The Morgan fingerprint density at radius 3 is 1.43 bits per heavy atom. The lowest BCUT2D eigenvalue weighted by Gasteiger charge is -2.31. The number of rotatable bonds is 19. The molecule has 1 aromatic carbocycles. The van der Waals surface area contributed by atoms with E-state index in [0.717, 1.165) is 126 Å². The summed E-state index contributed by atoms with van der Waals surface area (Å²) in [6.45, 7) is 21.4. The molecule has 14 atom stereocenters. The van der Waals surface area contributed by atoms with Gasteiger partial charge in [0, 0.05) is 94.8 Å². The number of aliphatic carboxylic acids is 1. The maximum atomic E-state index is 12.2. The highest BCUT2D eigenvalue weighted by molar-refractivity contribution is 6.38. The number of nitrogens with zero attached hydrogens (tertiary/aromatic N) is 5. The SMILES string of the molecule is C=CC(=O)N[C@@H]1CCCC[C@H]1c1cc(NCc2c(Cl)c(OC)cc(OC)c2Cl)n[nH]1.COC(=O)[C@@H]1CCCC[C@H]1C.C[C@@H]1CCCC[C@H]1C(=O)O.C[C@@H]1CCCC[C@H]1c1cc(CC(=O)C(F)(F)F)[nH]n1.C[C@@H]1CCCC[C@H]1c1cc(N)n[nH]1.N[C@@H]1CCCC[C@H]1c1cc(CC(=O)C(F)(F)F)[nH]n1.[C-]#[N+]CC(=O)[C@@H]1CCCC[C@H]1C. The Morgan fingerprint density at radius 2 is 0.991 bits per heavy atom. The van der Waals surface area contributed by atoms with Crippen molar-refractivity contribution in [3.8, 4) is 11.5 Å². The fraction of sp³-hybridized carbons (Fsp3) is 0.675. The fourth-order valence-corrected chi connectivity index (χ4v) is 17.4. The molecular formula is C83H121Cl2F6N13O10. The van der Waals surface area contributed by atoms with E-state index in [-0.39, 0.29) is 77.3 Å². The molecule has 11 N–H and O–H groups in total. The third-order valence-corrected chi connectivity index (χ3v) is 24.5. The maximum Gasteiger partial charge on any atom is 0.450 e. The van der Waals surface area contributed by atoms with E-state index in [4.69, 9.17) is 60.6 Å². The number of carbonyl (C=O) groups is 6. The largest absolute Gasteiger partial charge is 0.495 e. The molecule has 7 aliphatic carbocycles. The minimum atomic E-state index is -4.80. The Hall–Kier alpha value is -7.97. The van der Waals surface area contributed by atoms with Crippen LogP contribution in [-0.4, -0.2) is 133 Å². The first-order valence-electron chi connectivity index (χ1n) is 40.6. The summed E-state index contributed by atoms with van der Waals surface area (Å²) < 4.78 is 88.3. The zero-order valence-corrected chi connectivity index (χ0v) is 68.9. The second-order valence-corrected chi connectivity index (χ2v) is 32.5. The summed E-state index contributed by atoms with van der Waals surface area (Å²) in [4.78, 5) is 69.8. The normalized spacial score (nSPS) is 25.4. The molecule has 0 spiro atoms. The third-order valence-electron chi connectivity index (χ3n) is 23.6. The van der Waals surface area contributed by atoms with Crippen LogP contribution in [-0.2, 0) is 52.9 Å². The van der Waals surface area contributed by atoms with Gasteiger partial charge in [-0.05, 0) is 118 Å². The average molecular weight is 1650 g/mol. The second-order valence-electron chi connectivity index (χ2n) is 31.8. The van der Waals surface area contributed by atoms with Crippen molar-refractivity contribution in [2.45, 2.75) is 282 Å². The topological polar surface area (TPSA) is 346 Å². The number of H-pyrrole nitrogens is 4. The molecule has 114 heavy (non-hydrogen) atoms. The van der Waals surface area contributed by atoms with Crippen molar-refractivity contribution < 1.29 is 74.4 Å². The molecule has 0 aliphatic heterocycles. The van der Waals surface area contributed by atoms with Gasteiger partial charge in [0.25, 0.3) is 6.54 Å². The van der Waals surface area contributed by atoms with E-state index >= 15 is 0 Å². The molecule has 0 bridgehead atoms. The van der Waals surface area contributed by atoms with Crippen molar-refractivity contribution in [2.24, 2.45) is 53.1 Å². The summed E-state index contributed by atoms with van der Waals surface area (Å²) in [5.74, 6) is 2.32. The number of nitrogens with two attached hydrogens (primary N) is 2. The number of aromatic nitrogens is 8. The van der Waals surface area contributed by atoms with Crippen LogP contribution in [0.15, 0.2) is 43.0 Å². The van der Waals surface area contributed by atoms with Crippen LogP contribution in [0.5, 0.6) is 11.5 Å². The van der Waals surface area contributed by atoms with Gasteiger partial charge >= 0.3 is 24.3 Å². The molecule has 1 amide bonds. The van der Waals surface area contributed by atoms with Gasteiger partial charge in [0.05, 0.1) is 67.4 Å². The van der Waals surface area contributed by atoms with Crippen LogP contribution in [0.3, 0.4) is 0 Å². The molecule has 23 nitrogen and oxygen atoms in total. The van der Waals surface area contributed by atoms with Crippen molar-refractivity contribution in [3.05, 3.63) is 104 Å². The standard InChI is InChI=1S/C21H26Cl2N4O3.C13H17F3N2O.C12H16F3N3O.C10H17N3.C10H15NO.C9H16O2.C8H14O2/c1-4-19(28)25-14-8-6-5-7-12(14)15-9-18(27-26-15)24-11-13-20(22)16(29-2)10-17(30-3)21(13)23;1-8-4-2-3-5-10(8)11-6-9(17-18-11)7-12(19)13(14,15)16;13-12(14,15)11(19)6-7-5-10(18-17-7)8-3-1-2-4-9(8)16;1-7-4-2-3-5-8(7)9-6-10(11)13-12-9;1-8-5-3-4-6-9(8)10(12)7-11-2;1-7-5-3-4-6-8(7)9(10)11-2;1-6-4-2-3-5-7(6)8(9)10/h4,9-10,12,14H,1,5-8,11H2,2-3H3,(H,25,28)(H2,24,26,27);6,8,10H,2-5,7H2,1H3,(H,17,18);5,8-9H,1-4,6,16H2,(H,17,18);6-8H,2-5H2,1H3,(H3,11,12,13);8-9H,3-7H2,1H3;7-8H,3-6H2,1-2H3;6-7H,2-5H2,1H3,(H,9,10)/t12-,14-;8-,10-;8-,9-;7-,8-;8-,9-;7-,8-;6-,7-/m1111111/s1. The summed E-state index contributed by atoms with van der Waals surface area (Å²) >= 11 is 12.9. The Balaban J connectivity index is 0.000000214. The minimum absolute atomic E-state index is 0.0109. The number of ether oxygens (including phenoxy) is 3. The summed E-state index contributed by atoms with van der Waals surface area (Å²) in [5.41, 5.74) is 16.3. The molecule has 0 radical (unpaired) electrons. The van der Waals surface area contributed by atoms with Crippen LogP contribution in [0, 0.1) is 53.9 Å². The number of ketones is 3. The quantitative estimate of drug-likeness (QED) is 0.0160. The lowest BCUT2D eigenvalue weighted by Crippen LogP contribution is -2.40. The van der Waals surface area contributed by atoms with E-state index in [1.807, 2.05) is 19.1 Å². The number of aromatic amines is 4. The number of nitrogens with one attached hydrogen (secondary N) is 6. The number of methoxy groups -OCH3 is 3. The Kier molecular flexibility index (Phi) is 39.4. The van der Waals surface area contributed by atoms with Gasteiger partial charge in [0.2, 0.25) is 23.3 Å². The van der Waals surface area contributed by atoms with Gasteiger partial charge in [-0.2, -0.15) is 46.7 Å². The highest BCUT2D eigenvalue weighted by Gasteiger charge is 2.40. The number of nitrogen functional groups attached to an aromatic ring is 1. The number of halogens is 8. The number of carboxylic acids is 1. The first kappa shape index (κ1) is 94.9. The van der Waals surface area contributed by atoms with E-state index in [9.17, 15) is 55.1 Å². The van der Waals surface area contributed by atoms with E-state index in [0.29, 0.717) is 86.5 Å². The molecule has 4 aromatic heterocycles. The molecule has 12 rings (SSSR count). The zero-order chi connectivity index (χ0) is 83.8. The number of carbonyl (C=O) groups excluding carboxylic acids is 5. The van der Waals surface area contributed by atoms with Gasteiger partial charge in [-0.15, -0.1) is 0 Å². The monoisotopic (exact) mass is 1640 g/mol. The molecule has 7 saturated carbocycles. The van der Waals surface area contributed by atoms with Crippen molar-refractivity contribution >= 4 is 70.0 Å². The number of carboxylic acid groups (broad SMARTS) is 1. The minimum Gasteiger partial charge on any atom is -0.495 e. The van der Waals surface area contributed by atoms with Crippen LogP contribution in [0.1, 0.15) is 278 Å². The number of benzene rings is 1. The molecule has 7 aliphatic rings. The molecule has 0 saturated heterocycles. The first-order valence-corrected chi connectivity index (χ1v) is 41.3. The molecule has 4 heterocycles. The Morgan fingerprint density at radius 1 is 0.561 bits per heavy atom. The van der Waals surface area contributed by atoms with Gasteiger partial charge in [0.15, 0.2) is 0 Å². The number of hydrogen-bond donors (Lipinski definition) is 9.